The van der Waals surface area contributed by atoms with Crippen LogP contribution in [0, 0.1) is 0 Å². The summed E-state index contributed by atoms with van der Waals surface area (Å²) >= 11 is 1.43. The van der Waals surface area contributed by atoms with Gasteiger partial charge in [0.25, 0.3) is 0 Å². The number of carbonyl (C=O) groups excluding carboxylic acids is 1. The van der Waals surface area contributed by atoms with Crippen LogP contribution in [0.25, 0.3) is 11.1 Å². The molecule has 0 aliphatic heterocycles. The van der Waals surface area contributed by atoms with Crippen molar-refractivity contribution in [1.82, 2.24) is 4.98 Å². The molecule has 92 valence electrons. The van der Waals surface area contributed by atoms with Gasteiger partial charge < -0.3 is 0 Å². The quantitative estimate of drug-likeness (QED) is 0.669. The third kappa shape index (κ3) is 2.46. The maximum atomic E-state index is 12.1. The number of aromatic nitrogens is 1. The second-order valence-corrected chi connectivity index (χ2v) is 4.86. The van der Waals surface area contributed by atoms with E-state index in [0.29, 0.717) is 11.3 Å². The molecule has 2 nitrogen and oxygen atoms in total. The fourth-order valence-corrected chi connectivity index (χ4v) is 2.45. The van der Waals surface area contributed by atoms with Crippen LogP contribution in [0.4, 0.5) is 0 Å². The molecule has 19 heavy (non-hydrogen) atoms. The Kier molecular flexibility index (Phi) is 3.21. The lowest BCUT2D eigenvalue weighted by atomic mass is 10.0. The fourth-order valence-electron chi connectivity index (χ4n) is 1.92. The highest BCUT2D eigenvalue weighted by molar-refractivity contribution is 7.07. The predicted molar refractivity (Wildman–Crippen MR) is 77.4 cm³/mol. The van der Waals surface area contributed by atoms with Crippen LogP contribution in [0.15, 0.2) is 65.5 Å². The molecule has 0 fully saturated rings. The predicted octanol–water partition coefficient (Wildman–Crippen LogP) is 4.04. The van der Waals surface area contributed by atoms with Crippen LogP contribution < -0.4 is 0 Å². The summed E-state index contributed by atoms with van der Waals surface area (Å²) in [6.07, 6.45) is 0. The summed E-state index contributed by atoms with van der Waals surface area (Å²) in [5.74, 6) is -0.0270. The second kappa shape index (κ2) is 5.16. The van der Waals surface area contributed by atoms with E-state index in [9.17, 15) is 4.79 Å². The van der Waals surface area contributed by atoms with Crippen molar-refractivity contribution in [3.05, 3.63) is 76.7 Å². The van der Waals surface area contributed by atoms with E-state index in [2.05, 4.69) is 17.1 Å². The third-order valence-corrected chi connectivity index (χ3v) is 3.51. The Morgan fingerprint density at radius 1 is 0.895 bits per heavy atom. The number of nitrogens with zero attached hydrogens (tertiary/aromatic N) is 1. The highest BCUT2D eigenvalue weighted by atomic mass is 32.1. The number of carbonyl (C=O) groups is 1. The lowest BCUT2D eigenvalue weighted by Gasteiger charge is -2.03. The zero-order valence-electron chi connectivity index (χ0n) is 10.1. The van der Waals surface area contributed by atoms with Crippen LogP contribution in [-0.4, -0.2) is 10.8 Å². The Bertz CT molecular complexity index is 673. The van der Waals surface area contributed by atoms with Gasteiger partial charge in [-0.2, -0.15) is 0 Å². The Labute approximate surface area is 115 Å². The first kappa shape index (κ1) is 11.8. The average Bonchev–Trinajstić information content (AvgIpc) is 3.02. The molecule has 3 aromatic rings. The molecule has 2 aromatic carbocycles. The van der Waals surface area contributed by atoms with Crippen LogP contribution in [0.1, 0.15) is 16.1 Å². The number of thiazole rings is 1. The molecular weight excluding hydrogens is 254 g/mol. The van der Waals surface area contributed by atoms with E-state index < -0.39 is 0 Å². The normalized spacial score (nSPS) is 10.3. The van der Waals surface area contributed by atoms with Gasteiger partial charge in [-0.15, -0.1) is 11.3 Å². The molecule has 3 heteroatoms. The molecule has 0 radical (unpaired) electrons. The van der Waals surface area contributed by atoms with E-state index in [4.69, 9.17) is 0 Å². The first-order valence-electron chi connectivity index (χ1n) is 5.93. The van der Waals surface area contributed by atoms with Crippen molar-refractivity contribution in [1.29, 1.82) is 0 Å². The van der Waals surface area contributed by atoms with Crippen LogP contribution in [0.3, 0.4) is 0 Å². The van der Waals surface area contributed by atoms with Crippen LogP contribution in [-0.2, 0) is 0 Å². The number of hydrogen-bond acceptors (Lipinski definition) is 3. The molecule has 0 aliphatic carbocycles. The molecule has 0 aliphatic rings. The first-order valence-corrected chi connectivity index (χ1v) is 6.87. The van der Waals surface area contributed by atoms with Gasteiger partial charge in [0.05, 0.1) is 5.51 Å². The zero-order chi connectivity index (χ0) is 13.1. The Hall–Kier alpha value is -2.26. The van der Waals surface area contributed by atoms with Crippen molar-refractivity contribution < 1.29 is 4.79 Å². The van der Waals surface area contributed by atoms with E-state index in [1.807, 2.05) is 42.5 Å². The highest BCUT2D eigenvalue weighted by Gasteiger charge is 2.10. The van der Waals surface area contributed by atoms with Gasteiger partial charge in [-0.3, -0.25) is 4.79 Å². The Balaban J connectivity index is 1.90. The van der Waals surface area contributed by atoms with Gasteiger partial charge in [-0.1, -0.05) is 54.6 Å². The van der Waals surface area contributed by atoms with Gasteiger partial charge in [-0.25, -0.2) is 4.98 Å². The maximum Gasteiger partial charge on any atom is 0.212 e. The lowest BCUT2D eigenvalue weighted by molar-refractivity contribution is 0.103. The summed E-state index contributed by atoms with van der Waals surface area (Å²) in [5.41, 5.74) is 5.11. The minimum Gasteiger partial charge on any atom is -0.287 e. The fraction of sp³-hybridized carbons (Fsp3) is 0. The highest BCUT2D eigenvalue weighted by Crippen LogP contribution is 2.20. The van der Waals surface area contributed by atoms with Crippen molar-refractivity contribution >= 4 is 17.1 Å². The summed E-state index contributed by atoms with van der Waals surface area (Å²) in [5, 5.41) is 1.77. The van der Waals surface area contributed by atoms with Crippen LogP contribution >= 0.6 is 11.3 Å². The minimum atomic E-state index is -0.0270. The molecule has 0 saturated carbocycles. The molecule has 0 N–H and O–H groups in total. The Morgan fingerprint density at radius 3 is 2.21 bits per heavy atom. The van der Waals surface area contributed by atoms with E-state index in [1.54, 1.807) is 10.9 Å². The number of benzene rings is 2. The van der Waals surface area contributed by atoms with Crippen LogP contribution in [0.5, 0.6) is 0 Å². The molecule has 1 heterocycles. The SMILES string of the molecule is O=C(c1ccc(-c2ccccc2)cc1)c1cscn1. The Morgan fingerprint density at radius 2 is 1.58 bits per heavy atom. The van der Waals surface area contributed by atoms with Crippen LogP contribution in [0.2, 0.25) is 0 Å². The molecule has 0 bridgehead atoms. The molecule has 1 aromatic heterocycles. The topological polar surface area (TPSA) is 30.0 Å². The minimum absolute atomic E-state index is 0.0270. The monoisotopic (exact) mass is 265 g/mol. The van der Waals surface area contributed by atoms with Gasteiger partial charge in [-0.05, 0) is 11.1 Å². The van der Waals surface area contributed by atoms with Gasteiger partial charge >= 0.3 is 0 Å². The largest absolute Gasteiger partial charge is 0.287 e. The van der Waals surface area contributed by atoms with E-state index in [0.717, 1.165) is 11.1 Å². The van der Waals surface area contributed by atoms with E-state index in [-0.39, 0.29) is 5.78 Å². The molecule has 0 spiro atoms. The van der Waals surface area contributed by atoms with Gasteiger partial charge in [0, 0.05) is 10.9 Å². The van der Waals surface area contributed by atoms with Gasteiger partial charge in [0.2, 0.25) is 5.78 Å². The summed E-state index contributed by atoms with van der Waals surface area (Å²) in [6, 6.07) is 17.7. The van der Waals surface area contributed by atoms with Crippen molar-refractivity contribution in [2.24, 2.45) is 0 Å². The number of ketones is 1. The number of rotatable bonds is 3. The van der Waals surface area contributed by atoms with E-state index in [1.165, 1.54) is 11.3 Å². The molecule has 0 unspecified atom stereocenters. The van der Waals surface area contributed by atoms with Crippen molar-refractivity contribution in [2.75, 3.05) is 0 Å². The molecule has 0 atom stereocenters. The average molecular weight is 265 g/mol. The second-order valence-electron chi connectivity index (χ2n) is 4.15. The summed E-state index contributed by atoms with van der Waals surface area (Å²) in [4.78, 5) is 16.1. The first-order chi connectivity index (χ1) is 9.34. The van der Waals surface area contributed by atoms with Gasteiger partial charge in [0.1, 0.15) is 5.69 Å². The zero-order valence-corrected chi connectivity index (χ0v) is 10.9. The molecule has 0 amide bonds. The number of hydrogen-bond donors (Lipinski definition) is 0. The molecular formula is C16H11NOS. The van der Waals surface area contributed by atoms with Gasteiger partial charge in [0.15, 0.2) is 0 Å². The molecule has 3 rings (SSSR count). The summed E-state index contributed by atoms with van der Waals surface area (Å²) in [7, 11) is 0. The van der Waals surface area contributed by atoms with Crippen molar-refractivity contribution in [3.63, 3.8) is 0 Å². The summed E-state index contributed by atoms with van der Waals surface area (Å²) in [6.45, 7) is 0. The maximum absolute atomic E-state index is 12.1. The smallest absolute Gasteiger partial charge is 0.212 e. The summed E-state index contributed by atoms with van der Waals surface area (Å²) < 4.78 is 0. The van der Waals surface area contributed by atoms with E-state index >= 15 is 0 Å². The third-order valence-electron chi connectivity index (χ3n) is 2.92. The molecule has 0 saturated heterocycles. The lowest BCUT2D eigenvalue weighted by Crippen LogP contribution is -2.00. The van der Waals surface area contributed by atoms with Crippen molar-refractivity contribution in [3.8, 4) is 11.1 Å². The standard InChI is InChI=1S/C16H11NOS/c18-16(15-10-19-11-17-15)14-8-6-13(7-9-14)12-4-2-1-3-5-12/h1-11H. The van der Waals surface area contributed by atoms with Crippen molar-refractivity contribution in [2.45, 2.75) is 0 Å².